The van der Waals surface area contributed by atoms with Gasteiger partial charge in [-0.3, -0.25) is 9.59 Å². The van der Waals surface area contributed by atoms with Gasteiger partial charge < -0.3 is 15.2 Å². The Hall–Kier alpha value is -1.31. The molecule has 0 aliphatic heterocycles. The number of esters is 1. The van der Waals surface area contributed by atoms with Gasteiger partial charge >= 0.3 is 5.97 Å². The lowest BCUT2D eigenvalue weighted by Crippen LogP contribution is -2.33. The summed E-state index contributed by atoms with van der Waals surface area (Å²) in [6, 6.07) is 5.86. The van der Waals surface area contributed by atoms with Gasteiger partial charge in [-0.25, -0.2) is 0 Å². The molecule has 1 atom stereocenters. The second kappa shape index (κ2) is 6.43. The molecule has 1 unspecified atom stereocenters. The highest BCUT2D eigenvalue weighted by Gasteiger charge is 2.16. The zero-order valence-electron chi connectivity index (χ0n) is 9.14. The Morgan fingerprint density at radius 2 is 2.00 bits per heavy atom. The lowest BCUT2D eigenvalue weighted by molar-refractivity contribution is -0.139. The van der Waals surface area contributed by atoms with Crippen molar-refractivity contribution < 1.29 is 19.4 Å². The van der Waals surface area contributed by atoms with Crippen LogP contribution >= 0.6 is 22.6 Å². The zero-order valence-corrected chi connectivity index (χ0v) is 11.3. The van der Waals surface area contributed by atoms with Crippen molar-refractivity contribution in [2.45, 2.75) is 3.92 Å². The molecule has 6 heteroatoms. The molecule has 0 aliphatic carbocycles. The summed E-state index contributed by atoms with van der Waals surface area (Å²) >= 11 is 1.90. The maximum Gasteiger partial charge on any atom is 0.320 e. The molecule has 1 aromatic carbocycles. The first-order valence-electron chi connectivity index (χ1n) is 4.83. The molecule has 2 N–H and O–H groups in total. The van der Waals surface area contributed by atoms with Gasteiger partial charge in [-0.15, -0.1) is 0 Å². The summed E-state index contributed by atoms with van der Waals surface area (Å²) in [6.45, 7) is 0.201. The molecule has 0 radical (unpaired) electrons. The number of carbonyl (C=O) groups is 2. The fourth-order valence-corrected chi connectivity index (χ4v) is 1.58. The van der Waals surface area contributed by atoms with Crippen LogP contribution in [0.15, 0.2) is 24.3 Å². The molecule has 5 nitrogen and oxygen atoms in total. The second-order valence-corrected chi connectivity index (χ2v) is 4.75. The Bertz CT molecular complexity index is 404. The Morgan fingerprint density at radius 3 is 2.53 bits per heavy atom. The standard InChI is InChI=1S/C11H12INO4/c1-17-11(16)9(12)6-13-10(15)7-2-4-8(14)5-3-7/h2-5,9,14H,6H2,1H3,(H,13,15). The monoisotopic (exact) mass is 349 g/mol. The highest BCUT2D eigenvalue weighted by molar-refractivity contribution is 14.1. The number of phenols is 1. The maximum atomic E-state index is 11.6. The predicted octanol–water partition coefficient (Wildman–Crippen LogP) is 1.10. The fraction of sp³-hybridized carbons (Fsp3) is 0.273. The highest BCUT2D eigenvalue weighted by atomic mass is 127. The lowest BCUT2D eigenvalue weighted by Gasteiger charge is -2.09. The molecule has 0 saturated carbocycles. The van der Waals surface area contributed by atoms with E-state index in [-0.39, 0.29) is 24.2 Å². The van der Waals surface area contributed by atoms with Crippen molar-refractivity contribution >= 4 is 34.5 Å². The number of hydrogen-bond donors (Lipinski definition) is 2. The summed E-state index contributed by atoms with van der Waals surface area (Å²) in [4.78, 5) is 22.7. The molecule has 0 saturated heterocycles. The number of halogens is 1. The summed E-state index contributed by atoms with van der Waals surface area (Å²) in [7, 11) is 1.30. The van der Waals surface area contributed by atoms with Gasteiger partial charge in [0.1, 0.15) is 9.67 Å². The van der Waals surface area contributed by atoms with Crippen LogP contribution in [0.25, 0.3) is 0 Å². The number of rotatable bonds is 4. The Labute approximate surface area is 112 Å². The van der Waals surface area contributed by atoms with Crippen molar-refractivity contribution in [3.63, 3.8) is 0 Å². The Morgan fingerprint density at radius 1 is 1.41 bits per heavy atom. The summed E-state index contributed by atoms with van der Waals surface area (Å²) in [5.41, 5.74) is 0.427. The molecule has 0 fully saturated rings. The summed E-state index contributed by atoms with van der Waals surface area (Å²) in [5, 5.41) is 11.7. The summed E-state index contributed by atoms with van der Waals surface area (Å²) in [6.07, 6.45) is 0. The maximum absolute atomic E-state index is 11.6. The van der Waals surface area contributed by atoms with Gasteiger partial charge in [0.15, 0.2) is 0 Å². The van der Waals surface area contributed by atoms with E-state index in [2.05, 4.69) is 10.1 Å². The number of methoxy groups -OCH3 is 1. The van der Waals surface area contributed by atoms with Gasteiger partial charge in [0.2, 0.25) is 0 Å². The number of alkyl halides is 1. The number of nitrogens with one attached hydrogen (secondary N) is 1. The number of hydrogen-bond acceptors (Lipinski definition) is 4. The number of aromatic hydroxyl groups is 1. The molecule has 0 bridgehead atoms. The molecule has 1 aromatic rings. The third-order valence-corrected chi connectivity index (χ3v) is 2.98. The topological polar surface area (TPSA) is 75.6 Å². The van der Waals surface area contributed by atoms with Crippen LogP contribution in [0.1, 0.15) is 10.4 Å². The first kappa shape index (κ1) is 13.8. The van der Waals surface area contributed by atoms with Gasteiger partial charge in [-0.1, -0.05) is 22.6 Å². The van der Waals surface area contributed by atoms with Crippen LogP contribution in [-0.2, 0) is 9.53 Å². The average molecular weight is 349 g/mol. The van der Waals surface area contributed by atoms with E-state index in [1.54, 1.807) is 0 Å². The third kappa shape index (κ3) is 4.22. The normalized spacial score (nSPS) is 11.6. The van der Waals surface area contributed by atoms with Gasteiger partial charge in [-0.05, 0) is 24.3 Å². The first-order valence-corrected chi connectivity index (χ1v) is 6.08. The second-order valence-electron chi connectivity index (χ2n) is 3.25. The van der Waals surface area contributed by atoms with Crippen LogP contribution in [0.2, 0.25) is 0 Å². The molecular formula is C11H12INO4. The number of amides is 1. The van der Waals surface area contributed by atoms with E-state index in [9.17, 15) is 9.59 Å². The molecule has 92 valence electrons. The highest BCUT2D eigenvalue weighted by Crippen LogP contribution is 2.09. The van der Waals surface area contributed by atoms with Crippen LogP contribution in [0, 0.1) is 0 Å². The first-order chi connectivity index (χ1) is 8.04. The molecule has 17 heavy (non-hydrogen) atoms. The fourth-order valence-electron chi connectivity index (χ4n) is 1.11. The quantitative estimate of drug-likeness (QED) is 0.485. The minimum absolute atomic E-state index is 0.0999. The van der Waals surface area contributed by atoms with Gasteiger partial charge in [-0.2, -0.15) is 0 Å². The van der Waals surface area contributed by atoms with E-state index in [0.717, 1.165) is 0 Å². The summed E-state index contributed by atoms with van der Waals surface area (Å²) in [5.74, 6) is -0.574. The van der Waals surface area contributed by atoms with Crippen LogP contribution in [0.3, 0.4) is 0 Å². The lowest BCUT2D eigenvalue weighted by atomic mass is 10.2. The third-order valence-electron chi connectivity index (χ3n) is 2.03. The Kier molecular flexibility index (Phi) is 5.20. The van der Waals surface area contributed by atoms with Crippen LogP contribution < -0.4 is 5.32 Å². The zero-order chi connectivity index (χ0) is 12.8. The van der Waals surface area contributed by atoms with E-state index in [4.69, 9.17) is 5.11 Å². The molecule has 0 heterocycles. The van der Waals surface area contributed by atoms with Crippen molar-refractivity contribution in [3.8, 4) is 5.75 Å². The van der Waals surface area contributed by atoms with E-state index >= 15 is 0 Å². The SMILES string of the molecule is COC(=O)C(I)CNC(=O)c1ccc(O)cc1. The predicted molar refractivity (Wildman–Crippen MR) is 70.3 cm³/mol. The smallest absolute Gasteiger partial charge is 0.320 e. The largest absolute Gasteiger partial charge is 0.508 e. The van der Waals surface area contributed by atoms with Crippen LogP contribution in [0.5, 0.6) is 5.75 Å². The van der Waals surface area contributed by atoms with Gasteiger partial charge in [0.05, 0.1) is 7.11 Å². The Balaban J connectivity index is 2.50. The molecule has 1 amide bonds. The number of ether oxygens (including phenoxy) is 1. The molecule has 0 spiro atoms. The number of carbonyl (C=O) groups excluding carboxylic acids is 2. The molecule has 0 aromatic heterocycles. The van der Waals surface area contributed by atoms with Gasteiger partial charge in [0.25, 0.3) is 5.91 Å². The molecular weight excluding hydrogens is 337 g/mol. The minimum atomic E-state index is -0.418. The number of phenolic OH excluding ortho intramolecular Hbond substituents is 1. The van der Waals surface area contributed by atoms with Crippen molar-refractivity contribution in [2.75, 3.05) is 13.7 Å². The average Bonchev–Trinajstić information content (AvgIpc) is 2.35. The number of benzene rings is 1. The molecule has 1 rings (SSSR count). The van der Waals surface area contributed by atoms with E-state index in [1.165, 1.54) is 31.4 Å². The van der Waals surface area contributed by atoms with E-state index in [1.807, 2.05) is 22.6 Å². The van der Waals surface area contributed by atoms with Gasteiger partial charge in [0, 0.05) is 12.1 Å². The van der Waals surface area contributed by atoms with Crippen molar-refractivity contribution in [2.24, 2.45) is 0 Å². The van der Waals surface area contributed by atoms with Crippen molar-refractivity contribution in [3.05, 3.63) is 29.8 Å². The van der Waals surface area contributed by atoms with E-state index < -0.39 is 3.92 Å². The molecule has 0 aliphatic rings. The van der Waals surface area contributed by atoms with Crippen molar-refractivity contribution in [1.82, 2.24) is 5.32 Å². The van der Waals surface area contributed by atoms with Crippen LogP contribution in [-0.4, -0.2) is 34.6 Å². The van der Waals surface area contributed by atoms with Crippen LogP contribution in [0.4, 0.5) is 0 Å². The van der Waals surface area contributed by atoms with Crippen molar-refractivity contribution in [1.29, 1.82) is 0 Å². The van der Waals surface area contributed by atoms with E-state index in [0.29, 0.717) is 5.56 Å². The summed E-state index contributed by atoms with van der Waals surface area (Å²) < 4.78 is 4.12. The minimum Gasteiger partial charge on any atom is -0.508 e.